The van der Waals surface area contributed by atoms with Gasteiger partial charge in [0.25, 0.3) is 0 Å². The average Bonchev–Trinajstić information content (AvgIpc) is 2.70. The summed E-state index contributed by atoms with van der Waals surface area (Å²) in [6.45, 7) is 0. The van der Waals surface area contributed by atoms with E-state index < -0.39 is 0 Å². The zero-order valence-corrected chi connectivity index (χ0v) is 10.2. The first kappa shape index (κ1) is 10.5. The topological polar surface area (TPSA) is 30.0 Å². The lowest BCUT2D eigenvalue weighted by molar-refractivity contribution is 0.0996. The second kappa shape index (κ2) is 4.68. The van der Waals surface area contributed by atoms with Crippen LogP contribution in [0.15, 0.2) is 40.4 Å². The van der Waals surface area contributed by atoms with E-state index in [4.69, 9.17) is 0 Å². The van der Waals surface area contributed by atoms with Crippen molar-refractivity contribution in [2.75, 3.05) is 0 Å². The van der Waals surface area contributed by atoms with Gasteiger partial charge in [-0.1, -0.05) is 6.07 Å². The van der Waals surface area contributed by atoms with E-state index in [9.17, 15) is 4.79 Å². The van der Waals surface area contributed by atoms with Crippen molar-refractivity contribution in [2.45, 2.75) is 6.42 Å². The van der Waals surface area contributed by atoms with Crippen LogP contribution in [0, 0.1) is 0 Å². The number of carbonyl (C=O) groups excluding carboxylic acids is 1. The number of rotatable bonds is 3. The number of carbonyl (C=O) groups is 1. The Bertz CT molecular complexity index is 467. The third kappa shape index (κ3) is 2.73. The van der Waals surface area contributed by atoms with Crippen molar-refractivity contribution in [3.63, 3.8) is 0 Å². The molecule has 0 aliphatic heterocycles. The van der Waals surface area contributed by atoms with Crippen molar-refractivity contribution in [1.82, 2.24) is 4.98 Å². The third-order valence-electron chi connectivity index (χ3n) is 1.92. The van der Waals surface area contributed by atoms with Gasteiger partial charge in [0.2, 0.25) is 0 Å². The first-order chi connectivity index (χ1) is 7.25. The predicted molar refractivity (Wildman–Crippen MR) is 64.3 cm³/mol. The van der Waals surface area contributed by atoms with E-state index in [1.807, 2.05) is 23.6 Å². The molecule has 4 heteroatoms. The lowest BCUT2D eigenvalue weighted by atomic mass is 10.1. The zero-order valence-electron chi connectivity index (χ0n) is 7.81. The molecule has 2 rings (SSSR count). The molecule has 2 aromatic heterocycles. The summed E-state index contributed by atoms with van der Waals surface area (Å²) < 4.78 is 0.902. The molecule has 0 aliphatic rings. The molecule has 0 aliphatic carbocycles. The summed E-state index contributed by atoms with van der Waals surface area (Å²) in [5, 5.41) is 1.91. The van der Waals surface area contributed by atoms with Crippen molar-refractivity contribution in [3.05, 3.63) is 50.9 Å². The number of Topliss-reactive ketones (excluding diaryl/α,β-unsaturated/α-hetero) is 1. The van der Waals surface area contributed by atoms with Crippen LogP contribution in [0.2, 0.25) is 0 Å². The molecule has 2 nitrogen and oxygen atoms in total. The highest BCUT2D eigenvalue weighted by molar-refractivity contribution is 9.10. The number of hydrogen-bond donors (Lipinski definition) is 0. The van der Waals surface area contributed by atoms with Crippen LogP contribution in [0.4, 0.5) is 0 Å². The fraction of sp³-hybridized carbons (Fsp3) is 0.0909. The number of halogens is 1. The minimum Gasteiger partial charge on any atom is -0.293 e. The van der Waals surface area contributed by atoms with E-state index in [1.54, 1.807) is 12.4 Å². The number of nitrogens with zero attached hydrogens (tertiary/aromatic N) is 1. The van der Waals surface area contributed by atoms with Crippen LogP contribution in [0.5, 0.6) is 0 Å². The minimum atomic E-state index is 0.143. The van der Waals surface area contributed by atoms with Gasteiger partial charge >= 0.3 is 0 Å². The van der Waals surface area contributed by atoms with E-state index in [-0.39, 0.29) is 5.78 Å². The molecule has 0 saturated heterocycles. The maximum atomic E-state index is 11.8. The highest BCUT2D eigenvalue weighted by atomic mass is 79.9. The van der Waals surface area contributed by atoms with Gasteiger partial charge in [-0.3, -0.25) is 9.78 Å². The molecule has 0 N–H and O–H groups in total. The molecule has 0 saturated carbocycles. The molecule has 0 bridgehead atoms. The zero-order chi connectivity index (χ0) is 10.7. The lowest BCUT2D eigenvalue weighted by Gasteiger charge is -1.98. The van der Waals surface area contributed by atoms with Crippen LogP contribution in [0.3, 0.4) is 0 Å². The smallest absolute Gasteiger partial charge is 0.177 e. The standard InChI is InChI=1S/C11H8BrNOS/c12-9-4-8(6-13-7-9)5-10(14)11-2-1-3-15-11/h1-4,6-7H,5H2. The van der Waals surface area contributed by atoms with E-state index in [0.29, 0.717) is 6.42 Å². The Morgan fingerprint density at radius 1 is 1.47 bits per heavy atom. The van der Waals surface area contributed by atoms with Crippen molar-refractivity contribution >= 4 is 33.0 Å². The summed E-state index contributed by atoms with van der Waals surface area (Å²) >= 11 is 4.80. The van der Waals surface area contributed by atoms with Crippen LogP contribution < -0.4 is 0 Å². The minimum absolute atomic E-state index is 0.143. The predicted octanol–water partition coefficient (Wildman–Crippen LogP) is 3.33. The first-order valence-electron chi connectivity index (χ1n) is 4.42. The number of hydrogen-bond acceptors (Lipinski definition) is 3. The lowest BCUT2D eigenvalue weighted by Crippen LogP contribution is -2.01. The SMILES string of the molecule is O=C(Cc1cncc(Br)c1)c1cccs1. The monoisotopic (exact) mass is 281 g/mol. The second-order valence-corrected chi connectivity index (χ2v) is 4.95. The normalized spacial score (nSPS) is 10.2. The van der Waals surface area contributed by atoms with Gasteiger partial charge in [-0.25, -0.2) is 0 Å². The van der Waals surface area contributed by atoms with Crippen molar-refractivity contribution in [3.8, 4) is 0 Å². The Labute approximate surface area is 100 Å². The molecule has 0 unspecified atom stereocenters. The molecule has 0 amide bonds. The van der Waals surface area contributed by atoms with Gasteiger partial charge in [0, 0.05) is 23.3 Å². The summed E-state index contributed by atoms with van der Waals surface area (Å²) in [7, 11) is 0. The van der Waals surface area contributed by atoms with Crippen molar-refractivity contribution < 1.29 is 4.79 Å². The maximum absolute atomic E-state index is 11.8. The fourth-order valence-corrected chi connectivity index (χ4v) is 2.34. The molecule has 0 fully saturated rings. The fourth-order valence-electron chi connectivity index (χ4n) is 1.26. The quantitative estimate of drug-likeness (QED) is 0.808. The largest absolute Gasteiger partial charge is 0.293 e. The average molecular weight is 282 g/mol. The molecule has 0 radical (unpaired) electrons. The highest BCUT2D eigenvalue weighted by Crippen LogP contribution is 2.15. The molecule has 0 atom stereocenters. The number of aromatic nitrogens is 1. The molecule has 15 heavy (non-hydrogen) atoms. The summed E-state index contributed by atoms with van der Waals surface area (Å²) in [4.78, 5) is 16.6. The van der Waals surface area contributed by atoms with Crippen LogP contribution in [-0.4, -0.2) is 10.8 Å². The van der Waals surface area contributed by atoms with E-state index in [0.717, 1.165) is 14.9 Å². The van der Waals surface area contributed by atoms with E-state index in [1.165, 1.54) is 11.3 Å². The van der Waals surface area contributed by atoms with E-state index >= 15 is 0 Å². The Kier molecular flexibility index (Phi) is 3.28. The van der Waals surface area contributed by atoms with Gasteiger partial charge in [0.1, 0.15) is 0 Å². The number of thiophene rings is 1. The van der Waals surface area contributed by atoms with Gasteiger partial charge in [-0.05, 0) is 39.0 Å². The first-order valence-corrected chi connectivity index (χ1v) is 6.09. The summed E-state index contributed by atoms with van der Waals surface area (Å²) in [6.07, 6.45) is 3.84. The molecule has 0 aromatic carbocycles. The second-order valence-electron chi connectivity index (χ2n) is 3.09. The van der Waals surface area contributed by atoms with E-state index in [2.05, 4.69) is 20.9 Å². The summed E-state index contributed by atoms with van der Waals surface area (Å²) in [6, 6.07) is 5.65. The number of pyridine rings is 1. The summed E-state index contributed by atoms with van der Waals surface area (Å²) in [5.41, 5.74) is 0.933. The molecular weight excluding hydrogens is 274 g/mol. The Hall–Kier alpha value is -1.00. The number of ketones is 1. The Morgan fingerprint density at radius 3 is 3.00 bits per heavy atom. The molecular formula is C11H8BrNOS. The molecule has 2 heterocycles. The van der Waals surface area contributed by atoms with Crippen LogP contribution in [0.1, 0.15) is 15.2 Å². The van der Waals surface area contributed by atoms with Crippen LogP contribution in [-0.2, 0) is 6.42 Å². The van der Waals surface area contributed by atoms with Gasteiger partial charge in [-0.15, -0.1) is 11.3 Å². The van der Waals surface area contributed by atoms with Gasteiger partial charge in [0.05, 0.1) is 4.88 Å². The highest BCUT2D eigenvalue weighted by Gasteiger charge is 2.08. The van der Waals surface area contributed by atoms with Gasteiger partial charge < -0.3 is 0 Å². The Balaban J connectivity index is 2.13. The maximum Gasteiger partial charge on any atom is 0.177 e. The van der Waals surface area contributed by atoms with Crippen LogP contribution in [0.25, 0.3) is 0 Å². The van der Waals surface area contributed by atoms with Gasteiger partial charge in [-0.2, -0.15) is 0 Å². The van der Waals surface area contributed by atoms with Crippen molar-refractivity contribution in [2.24, 2.45) is 0 Å². The Morgan fingerprint density at radius 2 is 2.33 bits per heavy atom. The third-order valence-corrected chi connectivity index (χ3v) is 3.27. The summed E-state index contributed by atoms with van der Waals surface area (Å²) in [5.74, 6) is 0.143. The van der Waals surface area contributed by atoms with Crippen molar-refractivity contribution in [1.29, 1.82) is 0 Å². The molecule has 2 aromatic rings. The molecule has 0 spiro atoms. The molecule has 76 valence electrons. The van der Waals surface area contributed by atoms with Crippen LogP contribution >= 0.6 is 27.3 Å². The van der Waals surface area contributed by atoms with Gasteiger partial charge in [0.15, 0.2) is 5.78 Å².